The van der Waals surface area contributed by atoms with E-state index >= 15 is 0 Å². The minimum Gasteiger partial charge on any atom is -0.496 e. The van der Waals surface area contributed by atoms with Crippen molar-refractivity contribution in [2.45, 2.75) is 38.8 Å². The Morgan fingerprint density at radius 3 is 2.78 bits per heavy atom. The van der Waals surface area contributed by atoms with Crippen molar-refractivity contribution in [2.24, 2.45) is 5.92 Å². The Morgan fingerprint density at radius 1 is 1.37 bits per heavy atom. The van der Waals surface area contributed by atoms with Crippen LogP contribution < -0.4 is 15.4 Å². The monoisotopic (exact) mass is 376 g/mol. The first-order chi connectivity index (χ1) is 12.9. The van der Waals surface area contributed by atoms with Gasteiger partial charge >= 0.3 is 6.03 Å². The number of benzene rings is 1. The number of ether oxygens (including phenoxy) is 1. The van der Waals surface area contributed by atoms with Gasteiger partial charge in [-0.2, -0.15) is 0 Å². The van der Waals surface area contributed by atoms with Crippen molar-refractivity contribution in [3.8, 4) is 5.75 Å². The van der Waals surface area contributed by atoms with Crippen LogP contribution in [0.3, 0.4) is 0 Å². The van der Waals surface area contributed by atoms with Gasteiger partial charge in [0.15, 0.2) is 0 Å². The van der Waals surface area contributed by atoms with Crippen molar-refractivity contribution >= 4 is 6.03 Å². The zero-order valence-electron chi connectivity index (χ0n) is 17.5. The van der Waals surface area contributed by atoms with Crippen LogP contribution in [0.4, 0.5) is 4.79 Å². The first-order valence-corrected chi connectivity index (χ1v) is 9.96. The molecule has 3 atom stereocenters. The number of carbonyl (C=O) groups is 1. The quantitative estimate of drug-likeness (QED) is 0.732. The van der Waals surface area contributed by atoms with Gasteiger partial charge in [-0.3, -0.25) is 0 Å². The first-order valence-electron chi connectivity index (χ1n) is 9.96. The van der Waals surface area contributed by atoms with Crippen LogP contribution in [0.5, 0.6) is 5.75 Å². The fourth-order valence-corrected chi connectivity index (χ4v) is 3.86. The molecule has 0 spiro atoms. The van der Waals surface area contributed by atoms with Gasteiger partial charge in [0.1, 0.15) is 5.75 Å². The second-order valence-corrected chi connectivity index (χ2v) is 7.98. The summed E-state index contributed by atoms with van der Waals surface area (Å²) in [6.07, 6.45) is 2.57. The maximum absolute atomic E-state index is 12.4. The summed E-state index contributed by atoms with van der Waals surface area (Å²) in [6, 6.07) is 8.00. The molecule has 6 nitrogen and oxygen atoms in total. The third-order valence-electron chi connectivity index (χ3n) is 5.23. The van der Waals surface area contributed by atoms with Crippen LogP contribution in [-0.2, 0) is 0 Å². The predicted molar refractivity (Wildman–Crippen MR) is 110 cm³/mol. The molecule has 1 heterocycles. The van der Waals surface area contributed by atoms with Gasteiger partial charge in [0.2, 0.25) is 0 Å². The first kappa shape index (κ1) is 21.5. The van der Waals surface area contributed by atoms with Gasteiger partial charge in [-0.1, -0.05) is 25.1 Å². The smallest absolute Gasteiger partial charge is 0.315 e. The molecule has 1 aromatic rings. The standard InChI is InChI=1S/C21H36N4O2/c1-16-9-8-12-25(14-16)15-17(2)23-21(26)22-13-19(24(3)4)18-10-6-7-11-20(18)27-5/h6-7,10-11,16-17,19H,8-9,12-15H2,1-5H3,(H2,22,23,26). The van der Waals surface area contributed by atoms with E-state index in [-0.39, 0.29) is 18.1 Å². The lowest BCUT2D eigenvalue weighted by Crippen LogP contribution is -2.49. The highest BCUT2D eigenvalue weighted by molar-refractivity contribution is 5.74. The summed E-state index contributed by atoms with van der Waals surface area (Å²) in [4.78, 5) is 16.9. The van der Waals surface area contributed by atoms with E-state index in [0.717, 1.165) is 36.9 Å². The van der Waals surface area contributed by atoms with E-state index in [1.165, 1.54) is 12.8 Å². The Kier molecular flexibility index (Phi) is 8.38. The lowest BCUT2D eigenvalue weighted by Gasteiger charge is -2.33. The number of rotatable bonds is 8. The van der Waals surface area contributed by atoms with E-state index < -0.39 is 0 Å². The van der Waals surface area contributed by atoms with Crippen LogP contribution in [0.1, 0.15) is 38.3 Å². The third-order valence-corrected chi connectivity index (χ3v) is 5.23. The molecule has 2 N–H and O–H groups in total. The second-order valence-electron chi connectivity index (χ2n) is 7.98. The number of methoxy groups -OCH3 is 1. The summed E-state index contributed by atoms with van der Waals surface area (Å²) < 4.78 is 5.48. The number of amides is 2. The minimum absolute atomic E-state index is 0.0464. The number of piperidine rings is 1. The Hall–Kier alpha value is -1.79. The topological polar surface area (TPSA) is 56.8 Å². The highest BCUT2D eigenvalue weighted by Crippen LogP contribution is 2.27. The van der Waals surface area contributed by atoms with Gasteiger partial charge in [0.05, 0.1) is 13.2 Å². The van der Waals surface area contributed by atoms with Crippen LogP contribution in [0.2, 0.25) is 0 Å². The number of urea groups is 1. The fourth-order valence-electron chi connectivity index (χ4n) is 3.86. The number of para-hydroxylation sites is 1. The van der Waals surface area contributed by atoms with Crippen molar-refractivity contribution in [1.82, 2.24) is 20.4 Å². The Labute approximate surface area is 164 Å². The third kappa shape index (κ3) is 6.70. The van der Waals surface area contributed by atoms with E-state index in [4.69, 9.17) is 4.74 Å². The summed E-state index contributed by atoms with van der Waals surface area (Å²) >= 11 is 0. The molecular formula is C21H36N4O2. The molecule has 2 amide bonds. The minimum atomic E-state index is -0.116. The Balaban J connectivity index is 1.84. The molecule has 0 aliphatic carbocycles. The molecule has 6 heteroatoms. The second kappa shape index (κ2) is 10.5. The predicted octanol–water partition coefficient (Wildman–Crippen LogP) is 2.72. The Morgan fingerprint density at radius 2 is 2.11 bits per heavy atom. The van der Waals surface area contributed by atoms with Gasteiger partial charge in [0, 0.05) is 31.2 Å². The van der Waals surface area contributed by atoms with Crippen molar-refractivity contribution in [2.75, 3.05) is 47.4 Å². The van der Waals surface area contributed by atoms with Gasteiger partial charge in [-0.15, -0.1) is 0 Å². The average Bonchev–Trinajstić information content (AvgIpc) is 2.61. The molecular weight excluding hydrogens is 340 g/mol. The molecule has 1 aliphatic rings. The SMILES string of the molecule is COc1ccccc1C(CNC(=O)NC(C)CN1CCCC(C)C1)N(C)C. The summed E-state index contributed by atoms with van der Waals surface area (Å²) in [5.74, 6) is 1.59. The molecule has 2 rings (SSSR count). The Bertz CT molecular complexity index is 593. The van der Waals surface area contributed by atoms with E-state index in [1.807, 2.05) is 38.4 Å². The van der Waals surface area contributed by atoms with E-state index in [0.29, 0.717) is 6.54 Å². The van der Waals surface area contributed by atoms with Gasteiger partial charge in [-0.05, 0) is 52.4 Å². The van der Waals surface area contributed by atoms with Crippen LogP contribution in [0.15, 0.2) is 24.3 Å². The largest absolute Gasteiger partial charge is 0.496 e. The summed E-state index contributed by atoms with van der Waals surface area (Å²) in [5, 5.41) is 6.10. The van der Waals surface area contributed by atoms with Gasteiger partial charge < -0.3 is 25.2 Å². The molecule has 1 aliphatic heterocycles. The van der Waals surface area contributed by atoms with Crippen LogP contribution in [0, 0.1) is 5.92 Å². The molecule has 1 aromatic carbocycles. The summed E-state index contributed by atoms with van der Waals surface area (Å²) in [6.45, 7) is 8.06. The van der Waals surface area contributed by atoms with Crippen LogP contribution in [0.25, 0.3) is 0 Å². The lowest BCUT2D eigenvalue weighted by molar-refractivity contribution is 0.169. The lowest BCUT2D eigenvalue weighted by atomic mass is 10.00. The maximum Gasteiger partial charge on any atom is 0.315 e. The molecule has 0 aromatic heterocycles. The average molecular weight is 377 g/mol. The molecule has 27 heavy (non-hydrogen) atoms. The zero-order valence-corrected chi connectivity index (χ0v) is 17.5. The summed E-state index contributed by atoms with van der Waals surface area (Å²) in [5.41, 5.74) is 1.07. The molecule has 0 radical (unpaired) electrons. The van der Waals surface area contributed by atoms with E-state index in [1.54, 1.807) is 7.11 Å². The molecule has 1 saturated heterocycles. The number of likely N-dealkylation sites (tertiary alicyclic amines) is 1. The van der Waals surface area contributed by atoms with E-state index in [2.05, 4.69) is 34.3 Å². The zero-order chi connectivity index (χ0) is 19.8. The van der Waals surface area contributed by atoms with Crippen molar-refractivity contribution in [3.05, 3.63) is 29.8 Å². The number of hydrogen-bond acceptors (Lipinski definition) is 4. The number of nitrogens with one attached hydrogen (secondary N) is 2. The molecule has 3 unspecified atom stereocenters. The van der Waals surface area contributed by atoms with Gasteiger partial charge in [-0.25, -0.2) is 4.79 Å². The van der Waals surface area contributed by atoms with Gasteiger partial charge in [0.25, 0.3) is 0 Å². The maximum atomic E-state index is 12.4. The number of likely N-dealkylation sites (N-methyl/N-ethyl adjacent to an activating group) is 1. The van der Waals surface area contributed by atoms with Crippen LogP contribution in [-0.4, -0.2) is 69.3 Å². The molecule has 0 bridgehead atoms. The number of nitrogens with zero attached hydrogens (tertiary/aromatic N) is 2. The summed E-state index contributed by atoms with van der Waals surface area (Å²) in [7, 11) is 5.70. The normalized spacial score (nSPS) is 20.1. The van der Waals surface area contributed by atoms with Crippen LogP contribution >= 0.6 is 0 Å². The molecule has 0 saturated carbocycles. The fraction of sp³-hybridized carbons (Fsp3) is 0.667. The highest BCUT2D eigenvalue weighted by atomic mass is 16.5. The van der Waals surface area contributed by atoms with Crippen molar-refractivity contribution < 1.29 is 9.53 Å². The number of hydrogen-bond donors (Lipinski definition) is 2. The molecule has 1 fully saturated rings. The van der Waals surface area contributed by atoms with Crippen molar-refractivity contribution in [3.63, 3.8) is 0 Å². The number of carbonyl (C=O) groups excluding carboxylic acids is 1. The van der Waals surface area contributed by atoms with Crippen molar-refractivity contribution in [1.29, 1.82) is 0 Å². The molecule has 152 valence electrons. The highest BCUT2D eigenvalue weighted by Gasteiger charge is 2.21. The van der Waals surface area contributed by atoms with E-state index in [9.17, 15) is 4.79 Å².